The van der Waals surface area contributed by atoms with Gasteiger partial charge in [-0.2, -0.15) is 0 Å². The zero-order valence-corrected chi connectivity index (χ0v) is 10.5. The van der Waals surface area contributed by atoms with E-state index in [1.807, 2.05) is 13.8 Å². The highest BCUT2D eigenvalue weighted by atomic mass is 16.5. The van der Waals surface area contributed by atoms with Crippen LogP contribution in [0.15, 0.2) is 0 Å². The molecule has 96 valence electrons. The van der Waals surface area contributed by atoms with Crippen LogP contribution in [-0.2, 0) is 9.53 Å². The Morgan fingerprint density at radius 3 is 2.12 bits per heavy atom. The van der Waals surface area contributed by atoms with Gasteiger partial charge >= 0.3 is 5.97 Å². The third-order valence-electron chi connectivity index (χ3n) is 2.86. The smallest absolute Gasteiger partial charge is 0.338 e. The molecule has 0 amide bonds. The lowest BCUT2D eigenvalue weighted by atomic mass is 9.97. The number of carbonyl (C=O) groups excluding carboxylic acids is 1. The maximum Gasteiger partial charge on any atom is 0.338 e. The van der Waals surface area contributed by atoms with Crippen LogP contribution < -0.4 is 5.32 Å². The average Bonchev–Trinajstić information content (AvgIpc) is 2.27. The first-order chi connectivity index (χ1) is 7.31. The van der Waals surface area contributed by atoms with Gasteiger partial charge in [0.05, 0.1) is 12.7 Å². The van der Waals surface area contributed by atoms with E-state index in [1.54, 1.807) is 0 Å². The second-order valence-corrected chi connectivity index (χ2v) is 4.30. The van der Waals surface area contributed by atoms with Gasteiger partial charge in [0.1, 0.15) is 0 Å². The number of methoxy groups -OCH3 is 1. The molecule has 0 heterocycles. The molecule has 0 aliphatic heterocycles. The first kappa shape index (κ1) is 15.3. The molecule has 0 saturated carbocycles. The van der Waals surface area contributed by atoms with Crippen molar-refractivity contribution in [2.24, 2.45) is 0 Å². The van der Waals surface area contributed by atoms with Crippen LogP contribution in [0, 0.1) is 0 Å². The number of ether oxygens (including phenoxy) is 1. The van der Waals surface area contributed by atoms with Crippen LogP contribution in [0.5, 0.6) is 0 Å². The van der Waals surface area contributed by atoms with Crippen molar-refractivity contribution in [3.8, 4) is 0 Å². The number of rotatable bonds is 7. The summed E-state index contributed by atoms with van der Waals surface area (Å²) >= 11 is 0. The third-order valence-corrected chi connectivity index (χ3v) is 2.86. The van der Waals surface area contributed by atoms with Crippen molar-refractivity contribution in [1.29, 1.82) is 0 Å². The van der Waals surface area contributed by atoms with E-state index in [4.69, 9.17) is 0 Å². The predicted molar refractivity (Wildman–Crippen MR) is 61.0 cm³/mol. The van der Waals surface area contributed by atoms with E-state index in [0.29, 0.717) is 19.4 Å². The number of hydrogen-bond donors (Lipinski definition) is 3. The van der Waals surface area contributed by atoms with Gasteiger partial charge in [-0.05, 0) is 19.8 Å². The fourth-order valence-electron chi connectivity index (χ4n) is 1.33. The van der Waals surface area contributed by atoms with Crippen LogP contribution in [0.25, 0.3) is 0 Å². The molecule has 0 aliphatic rings. The number of hydrogen-bond acceptors (Lipinski definition) is 5. The first-order valence-electron chi connectivity index (χ1n) is 5.55. The zero-order chi connectivity index (χ0) is 12.8. The molecule has 0 aromatic carbocycles. The van der Waals surface area contributed by atoms with Gasteiger partial charge in [0.25, 0.3) is 0 Å². The maximum absolute atomic E-state index is 11.2. The fraction of sp³-hybridized carbons (Fsp3) is 0.909. The van der Waals surface area contributed by atoms with Gasteiger partial charge in [0.15, 0.2) is 5.60 Å². The van der Waals surface area contributed by atoms with Gasteiger partial charge in [-0.25, -0.2) is 4.79 Å². The lowest BCUT2D eigenvalue weighted by Gasteiger charge is -2.28. The van der Waals surface area contributed by atoms with Gasteiger partial charge in [0.2, 0.25) is 0 Å². The summed E-state index contributed by atoms with van der Waals surface area (Å²) in [5.41, 5.74) is -2.34. The van der Waals surface area contributed by atoms with E-state index in [-0.39, 0.29) is 6.54 Å². The minimum atomic E-state index is -1.56. The predicted octanol–water partition coefficient (Wildman–Crippen LogP) is 0.0511. The second kappa shape index (κ2) is 6.18. The van der Waals surface area contributed by atoms with E-state index in [9.17, 15) is 15.0 Å². The van der Waals surface area contributed by atoms with Gasteiger partial charge < -0.3 is 20.3 Å². The summed E-state index contributed by atoms with van der Waals surface area (Å²) in [4.78, 5) is 11.2. The summed E-state index contributed by atoms with van der Waals surface area (Å²) in [6.45, 7) is 5.56. The molecule has 0 bridgehead atoms. The van der Waals surface area contributed by atoms with Gasteiger partial charge in [-0.3, -0.25) is 0 Å². The van der Waals surface area contributed by atoms with Crippen LogP contribution in [0.2, 0.25) is 0 Å². The molecule has 0 fully saturated rings. The molecule has 1 atom stereocenters. The minimum Gasteiger partial charge on any atom is -0.467 e. The lowest BCUT2D eigenvalue weighted by molar-refractivity contribution is -0.160. The van der Waals surface area contributed by atoms with Gasteiger partial charge in [-0.15, -0.1) is 0 Å². The van der Waals surface area contributed by atoms with Crippen molar-refractivity contribution in [2.45, 2.75) is 44.8 Å². The second-order valence-electron chi connectivity index (χ2n) is 4.30. The normalized spacial score (nSPS) is 15.6. The Morgan fingerprint density at radius 1 is 1.25 bits per heavy atom. The number of nitrogens with one attached hydrogen (secondary N) is 1. The number of carbonyl (C=O) groups is 1. The van der Waals surface area contributed by atoms with E-state index >= 15 is 0 Å². The van der Waals surface area contributed by atoms with Crippen LogP contribution in [0.4, 0.5) is 0 Å². The summed E-state index contributed by atoms with van der Waals surface area (Å²) < 4.78 is 4.46. The molecule has 16 heavy (non-hydrogen) atoms. The monoisotopic (exact) mass is 233 g/mol. The highest BCUT2D eigenvalue weighted by molar-refractivity contribution is 5.78. The van der Waals surface area contributed by atoms with Crippen molar-refractivity contribution < 1.29 is 19.7 Å². The van der Waals surface area contributed by atoms with Crippen molar-refractivity contribution in [1.82, 2.24) is 5.32 Å². The molecule has 3 N–H and O–H groups in total. The Labute approximate surface area is 96.8 Å². The standard InChI is InChI=1S/C11H23NO4/c1-5-11(15,6-2)8-12-7-10(3,14)9(13)16-4/h12,14-15H,5-8H2,1-4H3. The fourth-order valence-corrected chi connectivity index (χ4v) is 1.33. The van der Waals surface area contributed by atoms with Gasteiger partial charge in [-0.1, -0.05) is 13.8 Å². The summed E-state index contributed by atoms with van der Waals surface area (Å²) in [6, 6.07) is 0. The molecule has 0 rings (SSSR count). The molecule has 0 aromatic heterocycles. The Bertz CT molecular complexity index is 224. The molecule has 5 heteroatoms. The van der Waals surface area contributed by atoms with Crippen LogP contribution >= 0.6 is 0 Å². The Hall–Kier alpha value is -0.650. The number of aliphatic hydroxyl groups is 2. The average molecular weight is 233 g/mol. The van der Waals surface area contributed by atoms with Gasteiger partial charge in [0, 0.05) is 13.1 Å². The molecule has 1 unspecified atom stereocenters. The van der Waals surface area contributed by atoms with E-state index < -0.39 is 17.2 Å². The first-order valence-corrected chi connectivity index (χ1v) is 5.55. The van der Waals surface area contributed by atoms with E-state index in [0.717, 1.165) is 0 Å². The maximum atomic E-state index is 11.2. The molecular formula is C11H23NO4. The summed E-state index contributed by atoms with van der Waals surface area (Å²) in [5.74, 6) is -0.684. The Kier molecular flexibility index (Phi) is 5.92. The van der Waals surface area contributed by atoms with Crippen molar-refractivity contribution in [2.75, 3.05) is 20.2 Å². The molecule has 0 spiro atoms. The number of esters is 1. The van der Waals surface area contributed by atoms with E-state index in [1.165, 1.54) is 14.0 Å². The topological polar surface area (TPSA) is 78.8 Å². The molecule has 0 aliphatic carbocycles. The summed E-state index contributed by atoms with van der Waals surface area (Å²) in [6.07, 6.45) is 1.24. The van der Waals surface area contributed by atoms with Crippen LogP contribution in [0.3, 0.4) is 0 Å². The molecule has 0 saturated heterocycles. The Morgan fingerprint density at radius 2 is 1.75 bits per heavy atom. The van der Waals surface area contributed by atoms with Crippen LogP contribution in [0.1, 0.15) is 33.6 Å². The van der Waals surface area contributed by atoms with Crippen molar-refractivity contribution >= 4 is 5.97 Å². The molecular weight excluding hydrogens is 210 g/mol. The molecule has 0 aromatic rings. The molecule has 0 radical (unpaired) electrons. The summed E-state index contributed by atoms with van der Waals surface area (Å²) in [7, 11) is 1.23. The highest BCUT2D eigenvalue weighted by Gasteiger charge is 2.32. The lowest BCUT2D eigenvalue weighted by Crippen LogP contribution is -2.49. The SMILES string of the molecule is CCC(O)(CC)CNCC(C)(O)C(=O)OC. The van der Waals surface area contributed by atoms with Crippen molar-refractivity contribution in [3.05, 3.63) is 0 Å². The Balaban J connectivity index is 4.11. The van der Waals surface area contributed by atoms with Crippen molar-refractivity contribution in [3.63, 3.8) is 0 Å². The quantitative estimate of drug-likeness (QED) is 0.542. The summed E-state index contributed by atoms with van der Waals surface area (Å²) in [5, 5.41) is 22.6. The molecule has 5 nitrogen and oxygen atoms in total. The zero-order valence-electron chi connectivity index (χ0n) is 10.5. The largest absolute Gasteiger partial charge is 0.467 e. The third kappa shape index (κ3) is 4.47. The minimum absolute atomic E-state index is 0.0575. The highest BCUT2D eigenvalue weighted by Crippen LogP contribution is 2.13. The van der Waals surface area contributed by atoms with Crippen LogP contribution in [-0.4, -0.2) is 47.6 Å². The van der Waals surface area contributed by atoms with E-state index in [2.05, 4.69) is 10.1 Å².